The van der Waals surface area contributed by atoms with Gasteiger partial charge in [0.2, 0.25) is 5.91 Å². The van der Waals surface area contributed by atoms with Gasteiger partial charge in [-0.25, -0.2) is 4.98 Å². The molecule has 0 spiro atoms. The molecule has 15 heavy (non-hydrogen) atoms. The number of hydrogen-bond donors (Lipinski definition) is 2. The number of nitrogens with zero attached hydrogens (tertiary/aromatic N) is 1. The number of aromatic nitrogens is 1. The van der Waals surface area contributed by atoms with Crippen LogP contribution in [0.3, 0.4) is 0 Å². The van der Waals surface area contributed by atoms with Gasteiger partial charge >= 0.3 is 0 Å². The first-order valence-electron chi connectivity index (χ1n) is 4.56. The van der Waals surface area contributed by atoms with Crippen molar-refractivity contribution in [1.82, 2.24) is 10.3 Å². The van der Waals surface area contributed by atoms with Gasteiger partial charge in [-0.2, -0.15) is 0 Å². The summed E-state index contributed by atoms with van der Waals surface area (Å²) in [7, 11) is 0. The van der Waals surface area contributed by atoms with Crippen molar-refractivity contribution in [2.45, 2.75) is 20.3 Å². The fourth-order valence-electron chi connectivity index (χ4n) is 0.977. The van der Waals surface area contributed by atoms with E-state index in [1.165, 1.54) is 18.3 Å². The van der Waals surface area contributed by atoms with Gasteiger partial charge in [0.25, 0.3) is 0 Å². The molecule has 80 valence electrons. The van der Waals surface area contributed by atoms with Crippen LogP contribution in [0.2, 0.25) is 0 Å². The highest BCUT2D eigenvalue weighted by Crippen LogP contribution is 2.17. The van der Waals surface area contributed by atoms with Crippen LogP contribution in [-0.4, -0.2) is 17.4 Å². The van der Waals surface area contributed by atoms with E-state index in [2.05, 4.69) is 22.1 Å². The molecule has 0 aliphatic carbocycles. The Hall–Kier alpha value is -1.54. The van der Waals surface area contributed by atoms with Crippen LogP contribution < -0.4 is 11.1 Å². The number of aryl methyl sites for hydroxylation is 1. The lowest BCUT2D eigenvalue weighted by atomic mass is 10.3. The van der Waals surface area contributed by atoms with Crippen molar-refractivity contribution < 1.29 is 4.79 Å². The van der Waals surface area contributed by atoms with E-state index in [0.717, 1.165) is 10.6 Å². The van der Waals surface area contributed by atoms with E-state index in [-0.39, 0.29) is 5.91 Å². The van der Waals surface area contributed by atoms with Crippen LogP contribution in [0.5, 0.6) is 0 Å². The largest absolute Gasteiger partial charge is 0.375 e. The Kier molecular flexibility index (Phi) is 4.13. The molecule has 0 aliphatic rings. The Morgan fingerprint density at radius 2 is 2.40 bits per heavy atom. The normalized spacial score (nSPS) is 9.20. The maximum Gasteiger partial charge on any atom is 0.216 e. The van der Waals surface area contributed by atoms with Crippen molar-refractivity contribution in [3.8, 4) is 11.8 Å². The van der Waals surface area contributed by atoms with Crippen LogP contribution in [0.1, 0.15) is 23.9 Å². The van der Waals surface area contributed by atoms with Gasteiger partial charge in [0.05, 0.1) is 5.69 Å². The SMILES string of the molecule is CC(=O)NCCC#Cc1sc(N)nc1C. The van der Waals surface area contributed by atoms with Crippen molar-refractivity contribution >= 4 is 22.4 Å². The van der Waals surface area contributed by atoms with Crippen molar-refractivity contribution in [3.05, 3.63) is 10.6 Å². The molecule has 5 heteroatoms. The minimum Gasteiger partial charge on any atom is -0.375 e. The maximum atomic E-state index is 10.6. The average Bonchev–Trinajstić information content (AvgIpc) is 2.44. The second kappa shape index (κ2) is 5.37. The third kappa shape index (κ3) is 4.00. The van der Waals surface area contributed by atoms with Gasteiger partial charge in [-0.05, 0) is 6.92 Å². The molecular weight excluding hydrogens is 210 g/mol. The highest BCUT2D eigenvalue weighted by Gasteiger charge is 2.00. The van der Waals surface area contributed by atoms with Crippen molar-refractivity contribution in [3.63, 3.8) is 0 Å². The molecule has 0 bridgehead atoms. The summed E-state index contributed by atoms with van der Waals surface area (Å²) in [4.78, 5) is 15.5. The number of rotatable bonds is 2. The van der Waals surface area contributed by atoms with E-state index in [0.29, 0.717) is 18.1 Å². The Morgan fingerprint density at radius 1 is 1.67 bits per heavy atom. The first kappa shape index (κ1) is 11.5. The summed E-state index contributed by atoms with van der Waals surface area (Å²) in [6.45, 7) is 3.95. The molecule has 4 nitrogen and oxygen atoms in total. The number of amides is 1. The van der Waals surface area contributed by atoms with Gasteiger partial charge in [0.1, 0.15) is 4.88 Å². The standard InChI is InChI=1S/C10H13N3OS/c1-7-9(15-10(11)13-7)5-3-4-6-12-8(2)14/h4,6H2,1-2H3,(H2,11,13)(H,12,14). The number of nitrogens with two attached hydrogens (primary N) is 1. The molecule has 0 aliphatic heterocycles. The summed E-state index contributed by atoms with van der Waals surface area (Å²) in [5.41, 5.74) is 6.40. The fourth-order valence-corrected chi connectivity index (χ4v) is 1.69. The lowest BCUT2D eigenvalue weighted by Crippen LogP contribution is -2.20. The topological polar surface area (TPSA) is 68.0 Å². The van der Waals surface area contributed by atoms with Crippen LogP contribution in [0.25, 0.3) is 0 Å². The van der Waals surface area contributed by atoms with E-state index in [4.69, 9.17) is 5.73 Å². The monoisotopic (exact) mass is 223 g/mol. The summed E-state index contributed by atoms with van der Waals surface area (Å²) >= 11 is 1.38. The van der Waals surface area contributed by atoms with Crippen LogP contribution >= 0.6 is 11.3 Å². The van der Waals surface area contributed by atoms with Gasteiger partial charge in [0.15, 0.2) is 5.13 Å². The number of carbonyl (C=O) groups is 1. The second-order valence-electron chi connectivity index (χ2n) is 3.00. The van der Waals surface area contributed by atoms with Gasteiger partial charge in [-0.1, -0.05) is 23.2 Å². The molecule has 3 N–H and O–H groups in total. The van der Waals surface area contributed by atoms with E-state index in [1.54, 1.807) is 0 Å². The number of hydrogen-bond acceptors (Lipinski definition) is 4. The van der Waals surface area contributed by atoms with E-state index in [1.807, 2.05) is 6.92 Å². The molecule has 0 saturated carbocycles. The molecule has 0 radical (unpaired) electrons. The number of thiazole rings is 1. The van der Waals surface area contributed by atoms with Gasteiger partial charge in [0, 0.05) is 19.9 Å². The fraction of sp³-hybridized carbons (Fsp3) is 0.400. The first-order valence-corrected chi connectivity index (χ1v) is 5.37. The van der Waals surface area contributed by atoms with Gasteiger partial charge < -0.3 is 11.1 Å². The summed E-state index contributed by atoms with van der Waals surface area (Å²) in [5, 5.41) is 3.21. The third-order valence-corrected chi connectivity index (χ3v) is 2.54. The zero-order valence-corrected chi connectivity index (χ0v) is 9.57. The third-order valence-electron chi connectivity index (χ3n) is 1.64. The smallest absolute Gasteiger partial charge is 0.216 e. The quantitative estimate of drug-likeness (QED) is 0.578. The molecule has 0 atom stereocenters. The predicted octanol–water partition coefficient (Wildman–Crippen LogP) is 0.911. The van der Waals surface area contributed by atoms with E-state index < -0.39 is 0 Å². The Labute approximate surface area is 92.9 Å². The lowest BCUT2D eigenvalue weighted by molar-refractivity contribution is -0.118. The minimum atomic E-state index is -0.0324. The molecule has 1 aromatic rings. The molecule has 0 saturated heterocycles. The van der Waals surface area contributed by atoms with Gasteiger partial charge in [-0.15, -0.1) is 0 Å². The molecule has 0 aromatic carbocycles. The zero-order chi connectivity index (χ0) is 11.3. The summed E-state index contributed by atoms with van der Waals surface area (Å²) in [6.07, 6.45) is 0.636. The molecular formula is C10H13N3OS. The van der Waals surface area contributed by atoms with Crippen LogP contribution in [-0.2, 0) is 4.79 Å². The number of carbonyl (C=O) groups excluding carboxylic acids is 1. The number of nitrogens with one attached hydrogen (secondary N) is 1. The molecule has 0 fully saturated rings. The molecule has 1 amide bonds. The molecule has 1 heterocycles. The maximum absolute atomic E-state index is 10.6. The number of nitrogen functional groups attached to an aromatic ring is 1. The summed E-state index contributed by atoms with van der Waals surface area (Å²) in [5.74, 6) is 5.91. The van der Waals surface area contributed by atoms with Crippen LogP contribution in [0, 0.1) is 18.8 Å². The van der Waals surface area contributed by atoms with Crippen molar-refractivity contribution in [1.29, 1.82) is 0 Å². The second-order valence-corrected chi connectivity index (χ2v) is 4.03. The summed E-state index contributed by atoms with van der Waals surface area (Å²) in [6, 6.07) is 0. The van der Waals surface area contributed by atoms with Gasteiger partial charge in [-0.3, -0.25) is 4.79 Å². The average molecular weight is 223 g/mol. The lowest BCUT2D eigenvalue weighted by Gasteiger charge is -1.94. The zero-order valence-electron chi connectivity index (χ0n) is 8.76. The van der Waals surface area contributed by atoms with Crippen molar-refractivity contribution in [2.24, 2.45) is 0 Å². The van der Waals surface area contributed by atoms with Crippen LogP contribution in [0.15, 0.2) is 0 Å². The minimum absolute atomic E-state index is 0.0324. The highest BCUT2D eigenvalue weighted by molar-refractivity contribution is 7.16. The predicted molar refractivity (Wildman–Crippen MR) is 61.4 cm³/mol. The highest BCUT2D eigenvalue weighted by atomic mass is 32.1. The Morgan fingerprint density at radius 3 is 2.93 bits per heavy atom. The van der Waals surface area contributed by atoms with Crippen LogP contribution in [0.4, 0.5) is 5.13 Å². The first-order chi connectivity index (χ1) is 7.09. The van der Waals surface area contributed by atoms with E-state index >= 15 is 0 Å². The Bertz CT molecular complexity index is 414. The molecule has 0 unspecified atom stereocenters. The Balaban J connectivity index is 2.44. The molecule has 1 aromatic heterocycles. The van der Waals surface area contributed by atoms with Crippen molar-refractivity contribution in [2.75, 3.05) is 12.3 Å². The number of anilines is 1. The summed E-state index contributed by atoms with van der Waals surface area (Å²) < 4.78 is 0. The molecule has 1 rings (SSSR count). The van der Waals surface area contributed by atoms with E-state index in [9.17, 15) is 4.79 Å².